The average molecular weight is 287 g/mol. The molecule has 6 heteroatoms. The first-order chi connectivity index (χ1) is 9.49. The van der Waals surface area contributed by atoms with Gasteiger partial charge in [0.05, 0.1) is 0 Å². The maximum atomic E-state index is 11.9. The standard InChI is InChI=1S/C14H13N3O2S/c1-10-5-6-12(8-11(10)2)17-9-16-20(18,19)13-4-3-7-15-14(13)17/h3-9H,1-2H3. The Bertz CT molecular complexity index is 813. The summed E-state index contributed by atoms with van der Waals surface area (Å²) < 4.78 is 27.5. The maximum Gasteiger partial charge on any atom is 0.287 e. The van der Waals surface area contributed by atoms with Crippen molar-refractivity contribution in [2.75, 3.05) is 4.90 Å². The van der Waals surface area contributed by atoms with Crippen LogP contribution in [0.1, 0.15) is 11.1 Å². The van der Waals surface area contributed by atoms with E-state index in [2.05, 4.69) is 9.38 Å². The lowest BCUT2D eigenvalue weighted by Crippen LogP contribution is -2.23. The van der Waals surface area contributed by atoms with E-state index in [1.54, 1.807) is 17.2 Å². The summed E-state index contributed by atoms with van der Waals surface area (Å²) >= 11 is 0. The molecule has 0 N–H and O–H groups in total. The van der Waals surface area contributed by atoms with Crippen LogP contribution in [-0.4, -0.2) is 19.7 Å². The van der Waals surface area contributed by atoms with Crippen LogP contribution in [0.15, 0.2) is 45.8 Å². The van der Waals surface area contributed by atoms with Crippen LogP contribution in [0.2, 0.25) is 0 Å². The Kier molecular flexibility index (Phi) is 2.83. The number of hydrogen-bond acceptors (Lipinski definition) is 4. The SMILES string of the molecule is Cc1ccc(N2C=NS(=O)(=O)c3cccnc32)cc1C. The second-order valence-corrected chi connectivity index (χ2v) is 6.26. The monoisotopic (exact) mass is 287 g/mol. The molecule has 2 heterocycles. The molecule has 0 amide bonds. The largest absolute Gasteiger partial charge is 0.287 e. The zero-order valence-corrected chi connectivity index (χ0v) is 11.9. The van der Waals surface area contributed by atoms with E-state index in [9.17, 15) is 8.42 Å². The van der Waals surface area contributed by atoms with Gasteiger partial charge in [-0.2, -0.15) is 8.42 Å². The Hall–Kier alpha value is -2.21. The number of anilines is 2. The normalized spacial score (nSPS) is 16.0. The summed E-state index contributed by atoms with van der Waals surface area (Å²) in [5.74, 6) is 0.380. The highest BCUT2D eigenvalue weighted by molar-refractivity contribution is 7.90. The van der Waals surface area contributed by atoms with Gasteiger partial charge in [0.25, 0.3) is 10.0 Å². The van der Waals surface area contributed by atoms with Gasteiger partial charge in [0, 0.05) is 11.9 Å². The molecule has 1 aliphatic rings. The van der Waals surface area contributed by atoms with Crippen LogP contribution in [0.25, 0.3) is 0 Å². The van der Waals surface area contributed by atoms with E-state index in [-0.39, 0.29) is 4.90 Å². The lowest BCUT2D eigenvalue weighted by molar-refractivity contribution is 0.597. The summed E-state index contributed by atoms with van der Waals surface area (Å²) in [6.07, 6.45) is 2.87. The van der Waals surface area contributed by atoms with Gasteiger partial charge in [-0.1, -0.05) is 6.07 Å². The minimum Gasteiger partial charge on any atom is -0.283 e. The van der Waals surface area contributed by atoms with Gasteiger partial charge in [-0.15, -0.1) is 4.40 Å². The van der Waals surface area contributed by atoms with Crippen molar-refractivity contribution >= 4 is 27.9 Å². The fourth-order valence-corrected chi connectivity index (χ4v) is 3.01. The minimum absolute atomic E-state index is 0.126. The van der Waals surface area contributed by atoms with E-state index >= 15 is 0 Å². The quantitative estimate of drug-likeness (QED) is 0.808. The van der Waals surface area contributed by atoms with Crippen molar-refractivity contribution in [3.05, 3.63) is 47.7 Å². The molecule has 0 unspecified atom stereocenters. The lowest BCUT2D eigenvalue weighted by Gasteiger charge is -2.24. The number of aryl methyl sites for hydroxylation is 2. The van der Waals surface area contributed by atoms with Crippen LogP contribution in [0.3, 0.4) is 0 Å². The van der Waals surface area contributed by atoms with E-state index in [1.807, 2.05) is 32.0 Å². The Morgan fingerprint density at radius 2 is 1.90 bits per heavy atom. The van der Waals surface area contributed by atoms with Crippen molar-refractivity contribution in [1.82, 2.24) is 4.98 Å². The molecule has 0 bridgehead atoms. The number of aromatic nitrogens is 1. The first-order valence-corrected chi connectivity index (χ1v) is 7.55. The van der Waals surface area contributed by atoms with Crippen LogP contribution < -0.4 is 4.90 Å². The van der Waals surface area contributed by atoms with Gasteiger partial charge in [0.1, 0.15) is 11.2 Å². The second kappa shape index (κ2) is 4.42. The van der Waals surface area contributed by atoms with Gasteiger partial charge >= 0.3 is 0 Å². The number of nitrogens with zero attached hydrogens (tertiary/aromatic N) is 3. The fourth-order valence-electron chi connectivity index (χ4n) is 2.05. The average Bonchev–Trinajstić information content (AvgIpc) is 2.43. The molecule has 5 nitrogen and oxygen atoms in total. The van der Waals surface area contributed by atoms with Crippen molar-refractivity contribution < 1.29 is 8.42 Å². The number of pyridine rings is 1. The molecule has 1 aromatic carbocycles. The van der Waals surface area contributed by atoms with Crippen LogP contribution >= 0.6 is 0 Å². The number of hydrogen-bond donors (Lipinski definition) is 0. The molecule has 3 rings (SSSR count). The fraction of sp³-hybridized carbons (Fsp3) is 0.143. The highest BCUT2D eigenvalue weighted by Gasteiger charge is 2.27. The molecule has 0 saturated heterocycles. The Labute approximate surface area is 117 Å². The third-order valence-corrected chi connectivity index (χ3v) is 4.57. The molecule has 20 heavy (non-hydrogen) atoms. The summed E-state index contributed by atoms with van der Waals surface area (Å²) in [6.45, 7) is 4.04. The molecule has 0 aliphatic carbocycles. The van der Waals surface area contributed by atoms with Gasteiger partial charge in [-0.3, -0.25) is 4.90 Å². The second-order valence-electron chi connectivity index (χ2n) is 4.66. The number of rotatable bonds is 1. The maximum absolute atomic E-state index is 11.9. The molecular weight excluding hydrogens is 274 g/mol. The Balaban J connectivity index is 2.19. The first kappa shape index (κ1) is 12.8. The van der Waals surface area contributed by atoms with Crippen LogP contribution in [-0.2, 0) is 10.0 Å². The van der Waals surface area contributed by atoms with E-state index in [0.29, 0.717) is 5.82 Å². The third kappa shape index (κ3) is 1.98. The lowest BCUT2D eigenvalue weighted by atomic mass is 10.1. The minimum atomic E-state index is -3.64. The summed E-state index contributed by atoms with van der Waals surface area (Å²) in [4.78, 5) is 5.99. The topological polar surface area (TPSA) is 62.6 Å². The van der Waals surface area contributed by atoms with Crippen LogP contribution in [0.4, 0.5) is 11.5 Å². The number of benzene rings is 1. The molecule has 0 saturated carbocycles. The molecule has 0 atom stereocenters. The van der Waals surface area contributed by atoms with Crippen molar-refractivity contribution in [3.63, 3.8) is 0 Å². The third-order valence-electron chi connectivity index (χ3n) is 3.33. The Morgan fingerprint density at radius 1 is 1.10 bits per heavy atom. The van der Waals surface area contributed by atoms with Crippen molar-refractivity contribution in [1.29, 1.82) is 0 Å². The number of sulfonamides is 1. The smallest absolute Gasteiger partial charge is 0.283 e. The van der Waals surface area contributed by atoms with E-state index in [0.717, 1.165) is 11.3 Å². The van der Waals surface area contributed by atoms with Gasteiger partial charge in [-0.25, -0.2) is 4.98 Å². The van der Waals surface area contributed by atoms with Gasteiger partial charge in [-0.05, 0) is 49.2 Å². The molecule has 1 aromatic heterocycles. The summed E-state index contributed by atoms with van der Waals surface area (Å²) in [5.41, 5.74) is 3.14. The summed E-state index contributed by atoms with van der Waals surface area (Å²) in [6, 6.07) is 9.00. The molecular formula is C14H13N3O2S. The summed E-state index contributed by atoms with van der Waals surface area (Å²) in [5, 5.41) is 0. The molecule has 0 fully saturated rings. The predicted molar refractivity (Wildman–Crippen MR) is 78.0 cm³/mol. The molecule has 1 aliphatic heterocycles. The molecule has 0 spiro atoms. The summed E-state index contributed by atoms with van der Waals surface area (Å²) in [7, 11) is -3.64. The van der Waals surface area contributed by atoms with Gasteiger partial charge < -0.3 is 0 Å². The number of fused-ring (bicyclic) bond motifs is 1. The first-order valence-electron chi connectivity index (χ1n) is 6.11. The molecule has 102 valence electrons. The zero-order valence-electron chi connectivity index (χ0n) is 11.1. The van der Waals surface area contributed by atoms with Crippen molar-refractivity contribution in [2.45, 2.75) is 18.7 Å². The molecule has 2 aromatic rings. The van der Waals surface area contributed by atoms with Gasteiger partial charge in [0.15, 0.2) is 5.82 Å². The molecule has 0 radical (unpaired) electrons. The van der Waals surface area contributed by atoms with Crippen molar-refractivity contribution in [2.24, 2.45) is 4.40 Å². The van der Waals surface area contributed by atoms with Gasteiger partial charge in [0.2, 0.25) is 0 Å². The highest BCUT2D eigenvalue weighted by atomic mass is 32.2. The van der Waals surface area contributed by atoms with Crippen molar-refractivity contribution in [3.8, 4) is 0 Å². The zero-order chi connectivity index (χ0) is 14.3. The predicted octanol–water partition coefficient (Wildman–Crippen LogP) is 2.57. The van der Waals surface area contributed by atoms with E-state index in [1.165, 1.54) is 18.0 Å². The Morgan fingerprint density at radius 3 is 2.65 bits per heavy atom. The van der Waals surface area contributed by atoms with E-state index in [4.69, 9.17) is 0 Å². The van der Waals surface area contributed by atoms with Crippen LogP contribution in [0.5, 0.6) is 0 Å². The van der Waals surface area contributed by atoms with Crippen LogP contribution in [0, 0.1) is 13.8 Å². The van der Waals surface area contributed by atoms with E-state index < -0.39 is 10.0 Å². The highest BCUT2D eigenvalue weighted by Crippen LogP contribution is 2.33.